The molecule has 0 aromatic heterocycles. The number of hydrogen-bond donors (Lipinski definition) is 1. The van der Waals surface area contributed by atoms with Crippen molar-refractivity contribution in [3.63, 3.8) is 0 Å². The molecule has 10 heteroatoms. The molecule has 0 spiro atoms. The summed E-state index contributed by atoms with van der Waals surface area (Å²) in [6, 6.07) is 11.6. The van der Waals surface area contributed by atoms with Gasteiger partial charge in [0.2, 0.25) is 10.0 Å². The summed E-state index contributed by atoms with van der Waals surface area (Å²) in [4.78, 5) is 24.5. The van der Waals surface area contributed by atoms with E-state index in [9.17, 15) is 18.0 Å². The molecule has 1 heterocycles. The lowest BCUT2D eigenvalue weighted by atomic mass is 10.1. The van der Waals surface area contributed by atoms with Gasteiger partial charge in [0, 0.05) is 19.5 Å². The number of carbonyl (C=O) groups excluding carboxylic acids is 2. The van der Waals surface area contributed by atoms with E-state index in [2.05, 4.69) is 5.32 Å². The van der Waals surface area contributed by atoms with Gasteiger partial charge in [-0.2, -0.15) is 4.31 Å². The van der Waals surface area contributed by atoms with Crippen molar-refractivity contribution in [3.05, 3.63) is 48.0 Å². The quantitative estimate of drug-likeness (QED) is 0.510. The van der Waals surface area contributed by atoms with Crippen molar-refractivity contribution in [1.29, 1.82) is 0 Å². The third kappa shape index (κ3) is 6.71. The van der Waals surface area contributed by atoms with E-state index >= 15 is 0 Å². The number of esters is 1. The molecule has 1 fully saturated rings. The van der Waals surface area contributed by atoms with Crippen LogP contribution in [0.3, 0.4) is 0 Å². The van der Waals surface area contributed by atoms with Crippen molar-refractivity contribution < 1.29 is 32.2 Å². The summed E-state index contributed by atoms with van der Waals surface area (Å²) < 4.78 is 42.8. The van der Waals surface area contributed by atoms with Crippen LogP contribution in [0.5, 0.6) is 11.5 Å². The Morgan fingerprint density at radius 1 is 0.971 bits per heavy atom. The van der Waals surface area contributed by atoms with Gasteiger partial charge >= 0.3 is 5.97 Å². The van der Waals surface area contributed by atoms with E-state index in [0.29, 0.717) is 25.3 Å². The number of methoxy groups -OCH3 is 2. The number of aryl methyl sites for hydroxylation is 1. The number of sulfonamides is 1. The monoisotopic (exact) mass is 490 g/mol. The van der Waals surface area contributed by atoms with Crippen molar-refractivity contribution in [1.82, 2.24) is 4.31 Å². The summed E-state index contributed by atoms with van der Waals surface area (Å²) in [5.74, 6) is -0.0778. The largest absolute Gasteiger partial charge is 0.497 e. The van der Waals surface area contributed by atoms with Crippen LogP contribution in [0, 0.1) is 0 Å². The molecule has 1 N–H and O–H groups in total. The SMILES string of the molecule is COc1ccc(CCC(=O)OCC(=O)Nc2cc(S(=O)(=O)N3CCCCC3)ccc2OC)cc1. The lowest BCUT2D eigenvalue weighted by Gasteiger charge is -2.26. The summed E-state index contributed by atoms with van der Waals surface area (Å²) in [5.41, 5.74) is 1.14. The van der Waals surface area contributed by atoms with Gasteiger partial charge in [0.15, 0.2) is 6.61 Å². The Morgan fingerprint density at radius 2 is 1.68 bits per heavy atom. The molecule has 2 aromatic rings. The standard InChI is InChI=1S/C24H30N2O7S/c1-31-19-9-6-18(7-10-19)8-13-24(28)33-17-23(27)25-21-16-20(11-12-22(21)32-2)34(29,30)26-14-4-3-5-15-26/h6-7,9-12,16H,3-5,8,13-15,17H2,1-2H3,(H,25,27). The van der Waals surface area contributed by atoms with Crippen LogP contribution in [0.4, 0.5) is 5.69 Å². The highest BCUT2D eigenvalue weighted by Crippen LogP contribution is 2.30. The fourth-order valence-corrected chi connectivity index (χ4v) is 5.19. The van der Waals surface area contributed by atoms with Crippen LogP contribution >= 0.6 is 0 Å². The number of rotatable bonds is 10. The highest BCUT2D eigenvalue weighted by molar-refractivity contribution is 7.89. The molecule has 34 heavy (non-hydrogen) atoms. The van der Waals surface area contributed by atoms with Crippen LogP contribution in [-0.2, 0) is 30.8 Å². The minimum absolute atomic E-state index is 0.0713. The van der Waals surface area contributed by atoms with Crippen molar-refractivity contribution in [2.75, 3.05) is 39.2 Å². The molecule has 0 unspecified atom stereocenters. The van der Waals surface area contributed by atoms with Gasteiger partial charge in [-0.05, 0) is 55.2 Å². The first-order valence-electron chi connectivity index (χ1n) is 11.1. The van der Waals surface area contributed by atoms with E-state index < -0.39 is 28.5 Å². The van der Waals surface area contributed by atoms with E-state index in [1.807, 2.05) is 12.1 Å². The van der Waals surface area contributed by atoms with Crippen LogP contribution in [0.15, 0.2) is 47.4 Å². The topological polar surface area (TPSA) is 111 Å². The second kappa shape index (κ2) is 11.8. The second-order valence-corrected chi connectivity index (χ2v) is 9.82. The van der Waals surface area contributed by atoms with E-state index in [1.165, 1.54) is 29.6 Å². The van der Waals surface area contributed by atoms with Crippen LogP contribution in [-0.4, -0.2) is 58.5 Å². The number of nitrogens with one attached hydrogen (secondary N) is 1. The number of nitrogens with zero attached hydrogens (tertiary/aromatic N) is 1. The maximum atomic E-state index is 13.0. The number of amides is 1. The molecular formula is C24H30N2O7S. The molecule has 0 atom stereocenters. The molecule has 1 aliphatic heterocycles. The summed E-state index contributed by atoms with van der Waals surface area (Å²) in [7, 11) is -0.676. The van der Waals surface area contributed by atoms with Gasteiger partial charge in [-0.25, -0.2) is 8.42 Å². The molecule has 0 radical (unpaired) electrons. The normalized spacial score (nSPS) is 14.3. The van der Waals surface area contributed by atoms with Crippen molar-refractivity contribution >= 4 is 27.6 Å². The van der Waals surface area contributed by atoms with Crippen LogP contribution in [0.1, 0.15) is 31.2 Å². The number of carbonyl (C=O) groups is 2. The Morgan fingerprint density at radius 3 is 2.32 bits per heavy atom. The number of ether oxygens (including phenoxy) is 3. The average molecular weight is 491 g/mol. The first-order valence-corrected chi connectivity index (χ1v) is 12.5. The Hall–Kier alpha value is -3.11. The smallest absolute Gasteiger partial charge is 0.306 e. The van der Waals surface area contributed by atoms with E-state index in [0.717, 1.165) is 30.6 Å². The molecule has 0 bridgehead atoms. The van der Waals surface area contributed by atoms with E-state index in [4.69, 9.17) is 14.2 Å². The van der Waals surface area contributed by atoms with Gasteiger partial charge in [-0.3, -0.25) is 9.59 Å². The fourth-order valence-electron chi connectivity index (χ4n) is 3.64. The van der Waals surface area contributed by atoms with Crippen LogP contribution in [0.2, 0.25) is 0 Å². The molecule has 3 rings (SSSR count). The minimum atomic E-state index is -3.68. The summed E-state index contributed by atoms with van der Waals surface area (Å²) in [6.07, 6.45) is 3.24. The Labute approximate surface area is 200 Å². The van der Waals surface area contributed by atoms with E-state index in [1.54, 1.807) is 19.2 Å². The molecule has 0 aliphatic carbocycles. The summed E-state index contributed by atoms with van der Waals surface area (Å²) >= 11 is 0. The predicted octanol–water partition coefficient (Wildman–Crippen LogP) is 2.99. The molecule has 1 aliphatic rings. The van der Waals surface area contributed by atoms with Gasteiger partial charge in [-0.1, -0.05) is 18.6 Å². The number of piperidine rings is 1. The summed E-state index contributed by atoms with van der Waals surface area (Å²) in [5, 5.41) is 2.58. The lowest BCUT2D eigenvalue weighted by Crippen LogP contribution is -2.35. The average Bonchev–Trinajstić information content (AvgIpc) is 2.87. The zero-order valence-corrected chi connectivity index (χ0v) is 20.2. The van der Waals surface area contributed by atoms with Crippen LogP contribution in [0.25, 0.3) is 0 Å². The van der Waals surface area contributed by atoms with Gasteiger partial charge < -0.3 is 19.5 Å². The number of anilines is 1. The van der Waals surface area contributed by atoms with Gasteiger partial charge in [0.05, 0.1) is 24.8 Å². The Kier molecular flexibility index (Phi) is 8.89. The molecule has 184 valence electrons. The first-order chi connectivity index (χ1) is 16.3. The minimum Gasteiger partial charge on any atom is -0.497 e. The second-order valence-electron chi connectivity index (χ2n) is 7.88. The number of hydrogen-bond acceptors (Lipinski definition) is 7. The highest BCUT2D eigenvalue weighted by Gasteiger charge is 2.27. The molecule has 0 saturated carbocycles. The number of benzene rings is 2. The fraction of sp³-hybridized carbons (Fsp3) is 0.417. The zero-order chi connectivity index (χ0) is 24.6. The third-order valence-corrected chi connectivity index (χ3v) is 7.43. The maximum Gasteiger partial charge on any atom is 0.306 e. The first kappa shape index (κ1) is 25.5. The molecule has 1 amide bonds. The Balaban J connectivity index is 1.56. The third-order valence-electron chi connectivity index (χ3n) is 5.54. The molecule has 9 nitrogen and oxygen atoms in total. The van der Waals surface area contributed by atoms with Crippen LogP contribution < -0.4 is 14.8 Å². The van der Waals surface area contributed by atoms with Gasteiger partial charge in [-0.15, -0.1) is 0 Å². The Bertz CT molecular complexity index is 1090. The summed E-state index contributed by atoms with van der Waals surface area (Å²) in [6.45, 7) is 0.457. The zero-order valence-electron chi connectivity index (χ0n) is 19.4. The molecule has 2 aromatic carbocycles. The van der Waals surface area contributed by atoms with Crippen molar-refractivity contribution in [3.8, 4) is 11.5 Å². The van der Waals surface area contributed by atoms with Crippen molar-refractivity contribution in [2.45, 2.75) is 37.0 Å². The van der Waals surface area contributed by atoms with Gasteiger partial charge in [0.1, 0.15) is 11.5 Å². The highest BCUT2D eigenvalue weighted by atomic mass is 32.2. The van der Waals surface area contributed by atoms with Gasteiger partial charge in [0.25, 0.3) is 5.91 Å². The maximum absolute atomic E-state index is 13.0. The predicted molar refractivity (Wildman–Crippen MR) is 127 cm³/mol. The van der Waals surface area contributed by atoms with Crippen molar-refractivity contribution in [2.24, 2.45) is 0 Å². The lowest BCUT2D eigenvalue weighted by molar-refractivity contribution is -0.147. The molecule has 1 saturated heterocycles. The van der Waals surface area contributed by atoms with E-state index in [-0.39, 0.29) is 17.0 Å². The molecular weight excluding hydrogens is 460 g/mol.